The van der Waals surface area contributed by atoms with E-state index in [1.807, 2.05) is 53.8 Å². The van der Waals surface area contributed by atoms with Crippen molar-refractivity contribution in [3.05, 3.63) is 61.4 Å². The number of aromatic nitrogens is 5. The van der Waals surface area contributed by atoms with Gasteiger partial charge in [0.25, 0.3) is 0 Å². The third-order valence-electron chi connectivity index (χ3n) is 3.26. The number of ketones is 1. The smallest absolute Gasteiger partial charge is 0.158 e. The van der Waals surface area contributed by atoms with Crippen molar-refractivity contribution >= 4 is 5.78 Å². The molecular weight excluding hydrogens is 536 g/mol. The molecule has 0 saturated heterocycles. The van der Waals surface area contributed by atoms with Crippen molar-refractivity contribution in [1.29, 1.82) is 5.26 Å². The van der Waals surface area contributed by atoms with Crippen LogP contribution in [0.3, 0.4) is 0 Å². The number of hydrogen-bond acceptors (Lipinski definition) is 6. The van der Waals surface area contributed by atoms with E-state index in [4.69, 9.17) is 16.9 Å². The molecule has 0 aliphatic heterocycles. The van der Waals surface area contributed by atoms with Crippen molar-refractivity contribution in [2.45, 2.75) is 13.8 Å². The topological polar surface area (TPSA) is 110 Å². The van der Waals surface area contributed by atoms with E-state index in [0.29, 0.717) is 0 Å². The molecule has 0 bridgehead atoms. The van der Waals surface area contributed by atoms with Gasteiger partial charge in [0.2, 0.25) is 0 Å². The van der Waals surface area contributed by atoms with E-state index in [-0.39, 0.29) is 31.6 Å². The number of aliphatic hydroxyl groups is 1. The van der Waals surface area contributed by atoms with Gasteiger partial charge in [-0.3, -0.25) is 4.79 Å². The summed E-state index contributed by atoms with van der Waals surface area (Å²) < 4.78 is 3.90. The maximum absolute atomic E-state index is 10.0. The Kier molecular flexibility index (Phi) is 11.0. The second kappa shape index (κ2) is 12.3. The van der Waals surface area contributed by atoms with Crippen LogP contribution in [0.4, 0.5) is 0 Å². The number of rotatable bonds is 3. The minimum absolute atomic E-state index is 0. The summed E-state index contributed by atoms with van der Waals surface area (Å²) in [6, 6.07) is 5.88. The summed E-state index contributed by atoms with van der Waals surface area (Å²) in [5.74, 6) is 1.64. The Labute approximate surface area is 177 Å². The molecule has 0 aliphatic carbocycles. The van der Waals surface area contributed by atoms with Crippen molar-refractivity contribution in [3.8, 4) is 23.0 Å². The van der Waals surface area contributed by atoms with Crippen molar-refractivity contribution in [2.24, 2.45) is 14.1 Å². The largest absolute Gasteiger partial charge is 0.512 e. The van der Waals surface area contributed by atoms with Gasteiger partial charge in [-0.1, -0.05) is 6.07 Å². The molecule has 0 amide bonds. The van der Waals surface area contributed by atoms with Crippen molar-refractivity contribution in [1.82, 2.24) is 24.1 Å². The number of aryl methyl sites for hydroxylation is 2. The Morgan fingerprint density at radius 2 is 1.46 bits per heavy atom. The van der Waals surface area contributed by atoms with Gasteiger partial charge in [-0.15, -0.1) is 0 Å². The Morgan fingerprint density at radius 3 is 1.71 bits per heavy atom. The zero-order valence-corrected chi connectivity index (χ0v) is 18.4. The third-order valence-corrected chi connectivity index (χ3v) is 3.26. The molecule has 3 aromatic heterocycles. The standard InChI is InChI=1S/C13H13N5.C5H8O2.CN.Ir/c1-17-8-6-14-12(17)10-4-3-5-11(16-10)13-15-7-9-18(13)2;1-4(6)3-5(2)7;1-2;/h3-9H,1-2H3;3,6H,1-2H3;;/q;;-1;/b;4-3-;;. The van der Waals surface area contributed by atoms with Gasteiger partial charge in [0.15, 0.2) is 17.4 Å². The molecule has 1 N–H and O–H groups in total. The van der Waals surface area contributed by atoms with Gasteiger partial charge in [0.05, 0.1) is 5.76 Å². The number of carbonyl (C=O) groups is 1. The Hall–Kier alpha value is -3.08. The summed E-state index contributed by atoms with van der Waals surface area (Å²) in [5.41, 5.74) is 1.70. The van der Waals surface area contributed by atoms with Crippen molar-refractivity contribution < 1.29 is 30.0 Å². The van der Waals surface area contributed by atoms with Crippen LogP contribution in [0.1, 0.15) is 13.8 Å². The predicted octanol–water partition coefficient (Wildman–Crippen LogP) is 3.01. The molecule has 0 unspecified atom stereocenters. The van der Waals surface area contributed by atoms with Gasteiger partial charge in [-0.25, -0.2) is 15.0 Å². The molecule has 0 aromatic carbocycles. The average molecular weight is 558 g/mol. The molecule has 9 heteroatoms. The molecule has 1 radical (unpaired) electrons. The molecule has 28 heavy (non-hydrogen) atoms. The van der Waals surface area contributed by atoms with E-state index >= 15 is 0 Å². The summed E-state index contributed by atoms with van der Waals surface area (Å²) in [6.45, 7) is 7.60. The summed E-state index contributed by atoms with van der Waals surface area (Å²) in [5, 5.41) is 14.6. The maximum atomic E-state index is 10.0. The van der Waals surface area contributed by atoms with Crippen LogP contribution >= 0.6 is 0 Å². The Morgan fingerprint density at radius 1 is 1.04 bits per heavy atom. The molecule has 149 valence electrons. The summed E-state index contributed by atoms with van der Waals surface area (Å²) >= 11 is 0. The summed E-state index contributed by atoms with van der Waals surface area (Å²) in [6.07, 6.45) is 8.52. The fraction of sp³-hybridized carbons (Fsp3) is 0.211. The minimum atomic E-state index is -0.125. The zero-order chi connectivity index (χ0) is 20.4. The monoisotopic (exact) mass is 558 g/mol. The number of allylic oxidation sites excluding steroid dienone is 2. The Bertz CT molecular complexity index is 883. The molecule has 3 heterocycles. The van der Waals surface area contributed by atoms with E-state index in [1.165, 1.54) is 19.9 Å². The molecule has 0 atom stereocenters. The van der Waals surface area contributed by atoms with Crippen LogP contribution in [0.25, 0.3) is 23.0 Å². The van der Waals surface area contributed by atoms with Crippen molar-refractivity contribution in [2.75, 3.05) is 0 Å². The predicted molar refractivity (Wildman–Crippen MR) is 101 cm³/mol. The number of imidazole rings is 2. The first-order chi connectivity index (χ1) is 12.9. The summed E-state index contributed by atoms with van der Waals surface area (Å²) in [4.78, 5) is 23.2. The maximum Gasteiger partial charge on any atom is 0.158 e. The van der Waals surface area contributed by atoms with Crippen molar-refractivity contribution in [3.63, 3.8) is 0 Å². The fourth-order valence-electron chi connectivity index (χ4n) is 2.20. The van der Waals surface area contributed by atoms with Crippen LogP contribution in [0.15, 0.2) is 54.8 Å². The quantitative estimate of drug-likeness (QED) is 0.301. The van der Waals surface area contributed by atoms with Crippen LogP contribution < -0.4 is 0 Å². The summed E-state index contributed by atoms with van der Waals surface area (Å²) in [7, 11) is 3.91. The third kappa shape index (κ3) is 7.27. The van der Waals surface area contributed by atoms with Gasteiger partial charge in [0.1, 0.15) is 11.4 Å². The van der Waals surface area contributed by atoms with Gasteiger partial charge < -0.3 is 26.1 Å². The second-order valence-electron chi connectivity index (χ2n) is 5.53. The number of pyridine rings is 1. The number of nitrogens with zero attached hydrogens (tertiary/aromatic N) is 6. The van der Waals surface area contributed by atoms with Gasteiger partial charge in [-0.2, -0.15) is 0 Å². The molecule has 0 saturated carbocycles. The molecule has 3 rings (SSSR count). The van der Waals surface area contributed by atoms with E-state index in [1.54, 1.807) is 12.4 Å². The molecular formula is C19H21IrN6O2-. The molecule has 8 nitrogen and oxygen atoms in total. The van der Waals surface area contributed by atoms with E-state index in [9.17, 15) is 4.79 Å². The number of hydrogen-bond donors (Lipinski definition) is 1. The molecule has 0 aliphatic rings. The fourth-order valence-corrected chi connectivity index (χ4v) is 2.20. The average Bonchev–Trinajstić information content (AvgIpc) is 3.24. The van der Waals surface area contributed by atoms with Gasteiger partial charge >= 0.3 is 0 Å². The molecule has 0 spiro atoms. The molecule has 3 aromatic rings. The Balaban J connectivity index is 0.000000628. The first-order valence-corrected chi connectivity index (χ1v) is 7.91. The second-order valence-corrected chi connectivity index (χ2v) is 5.53. The van der Waals surface area contributed by atoms with E-state index in [0.717, 1.165) is 23.0 Å². The van der Waals surface area contributed by atoms with Crippen LogP contribution in [0.2, 0.25) is 0 Å². The number of carbonyl (C=O) groups excluding carboxylic acids is 1. The van der Waals surface area contributed by atoms with Crippen LogP contribution in [0.5, 0.6) is 0 Å². The first-order valence-electron chi connectivity index (χ1n) is 7.91. The SMILES string of the molecule is CC(=O)/C=C(/C)O.Cn1ccnc1-c1cccc(-c2nccn2C)n1.[C-]#N.[Ir]. The minimum Gasteiger partial charge on any atom is -0.512 e. The molecule has 0 fully saturated rings. The first kappa shape index (κ1) is 24.9. The van der Waals surface area contributed by atoms with Crippen LogP contribution in [-0.2, 0) is 39.0 Å². The van der Waals surface area contributed by atoms with Crippen LogP contribution in [0, 0.1) is 11.8 Å². The van der Waals surface area contributed by atoms with Gasteiger partial charge in [-0.05, 0) is 26.0 Å². The van der Waals surface area contributed by atoms with Gasteiger partial charge in [0, 0.05) is 65.1 Å². The zero-order valence-electron chi connectivity index (χ0n) is 16.0. The normalized spacial score (nSPS) is 9.86. The van der Waals surface area contributed by atoms with E-state index < -0.39 is 0 Å². The van der Waals surface area contributed by atoms with E-state index in [2.05, 4.69) is 15.0 Å². The number of aliphatic hydroxyl groups excluding tert-OH is 1. The van der Waals surface area contributed by atoms with Crippen LogP contribution in [-0.4, -0.2) is 35.0 Å².